The van der Waals surface area contributed by atoms with Crippen LogP contribution in [-0.2, 0) is 37.3 Å². The predicted molar refractivity (Wildman–Crippen MR) is 96.2 cm³/mol. The molecule has 1 amide bonds. The second kappa shape index (κ2) is 8.04. The van der Waals surface area contributed by atoms with Crippen molar-refractivity contribution < 1.29 is 22.7 Å². The van der Waals surface area contributed by atoms with E-state index < -0.39 is 10.0 Å². The van der Waals surface area contributed by atoms with E-state index in [1.54, 1.807) is 17.0 Å². The maximum atomic E-state index is 12.8. The van der Waals surface area contributed by atoms with E-state index in [0.29, 0.717) is 39.4 Å². The number of benzene rings is 1. The number of rotatable bonds is 5. The minimum atomic E-state index is -3.53. The molecule has 7 nitrogen and oxygen atoms in total. The van der Waals surface area contributed by atoms with E-state index in [2.05, 4.69) is 0 Å². The fourth-order valence-electron chi connectivity index (χ4n) is 3.17. The van der Waals surface area contributed by atoms with Gasteiger partial charge in [0.05, 0.1) is 24.2 Å². The number of morpholine rings is 1. The molecule has 1 aromatic rings. The molecule has 1 fully saturated rings. The van der Waals surface area contributed by atoms with Crippen LogP contribution in [0.2, 0.25) is 0 Å². The Morgan fingerprint density at radius 1 is 1.19 bits per heavy atom. The molecule has 2 heterocycles. The molecular formula is C18H26N2O5S. The third-order valence-electron chi connectivity index (χ3n) is 4.69. The Kier molecular flexibility index (Phi) is 5.96. The van der Waals surface area contributed by atoms with Crippen LogP contribution >= 0.6 is 0 Å². The van der Waals surface area contributed by atoms with E-state index in [1.807, 2.05) is 19.9 Å². The van der Waals surface area contributed by atoms with Crippen LogP contribution in [0, 0.1) is 0 Å². The van der Waals surface area contributed by atoms with Crippen molar-refractivity contribution in [2.75, 3.05) is 39.5 Å². The summed E-state index contributed by atoms with van der Waals surface area (Å²) in [4.78, 5) is 14.3. The number of carbonyl (C=O) groups is 1. The number of amides is 1. The number of nitrogens with zero attached hydrogens (tertiary/aromatic N) is 2. The van der Waals surface area contributed by atoms with Crippen LogP contribution in [0.15, 0.2) is 23.1 Å². The monoisotopic (exact) mass is 382 g/mol. The smallest absolute Gasteiger partial charge is 0.248 e. The summed E-state index contributed by atoms with van der Waals surface area (Å²) in [5.41, 5.74) is 1.99. The summed E-state index contributed by atoms with van der Waals surface area (Å²) in [7, 11) is -3.53. The fraction of sp³-hybridized carbons (Fsp3) is 0.611. The molecule has 1 aromatic carbocycles. The van der Waals surface area contributed by atoms with E-state index in [9.17, 15) is 13.2 Å². The highest BCUT2D eigenvalue weighted by Crippen LogP contribution is 2.25. The zero-order valence-electron chi connectivity index (χ0n) is 15.3. The highest BCUT2D eigenvalue weighted by Gasteiger charge is 2.28. The maximum absolute atomic E-state index is 12.8. The zero-order valence-corrected chi connectivity index (χ0v) is 16.1. The lowest BCUT2D eigenvalue weighted by Gasteiger charge is -2.30. The molecule has 2 aliphatic rings. The molecule has 144 valence electrons. The first-order valence-corrected chi connectivity index (χ1v) is 10.4. The quantitative estimate of drug-likeness (QED) is 0.760. The summed E-state index contributed by atoms with van der Waals surface area (Å²) in [5.74, 6) is -0.0641. The van der Waals surface area contributed by atoms with E-state index in [-0.39, 0.29) is 23.5 Å². The Bertz CT molecular complexity index is 757. The topological polar surface area (TPSA) is 76.2 Å². The molecule has 0 saturated carbocycles. The van der Waals surface area contributed by atoms with Crippen LogP contribution in [0.4, 0.5) is 0 Å². The van der Waals surface area contributed by atoms with Crippen LogP contribution in [0.1, 0.15) is 25.0 Å². The molecule has 0 unspecified atom stereocenters. The van der Waals surface area contributed by atoms with Gasteiger partial charge in [0.1, 0.15) is 6.61 Å². The zero-order chi connectivity index (χ0) is 18.7. The lowest BCUT2D eigenvalue weighted by atomic mass is 10.00. The summed E-state index contributed by atoms with van der Waals surface area (Å²) in [5, 5.41) is 0. The molecule has 26 heavy (non-hydrogen) atoms. The largest absolute Gasteiger partial charge is 0.379 e. The van der Waals surface area contributed by atoms with Crippen LogP contribution in [0.25, 0.3) is 0 Å². The second-order valence-corrected chi connectivity index (χ2v) is 8.81. The van der Waals surface area contributed by atoms with Crippen molar-refractivity contribution in [2.45, 2.75) is 37.8 Å². The molecule has 2 aliphatic heterocycles. The van der Waals surface area contributed by atoms with Gasteiger partial charge in [0.25, 0.3) is 0 Å². The summed E-state index contributed by atoms with van der Waals surface area (Å²) in [6.45, 7) is 6.46. The number of hydrogen-bond donors (Lipinski definition) is 0. The van der Waals surface area contributed by atoms with Crippen molar-refractivity contribution in [3.63, 3.8) is 0 Å². The molecule has 3 rings (SSSR count). The van der Waals surface area contributed by atoms with Gasteiger partial charge in [0, 0.05) is 26.2 Å². The van der Waals surface area contributed by atoms with Gasteiger partial charge in [-0.1, -0.05) is 6.07 Å². The lowest BCUT2D eigenvalue weighted by Crippen LogP contribution is -2.41. The van der Waals surface area contributed by atoms with E-state index >= 15 is 0 Å². The molecule has 0 aliphatic carbocycles. The van der Waals surface area contributed by atoms with Crippen LogP contribution < -0.4 is 0 Å². The van der Waals surface area contributed by atoms with Crippen LogP contribution in [0.3, 0.4) is 0 Å². The average molecular weight is 382 g/mol. The SMILES string of the molecule is CC(C)OCC(=O)N1CCc2ccc(S(=O)(=O)N3CCOCC3)cc2C1. The van der Waals surface area contributed by atoms with Gasteiger partial charge in [0.15, 0.2) is 0 Å². The molecule has 0 N–H and O–H groups in total. The number of hydrogen-bond acceptors (Lipinski definition) is 5. The summed E-state index contributed by atoms with van der Waals surface area (Å²) >= 11 is 0. The Morgan fingerprint density at radius 3 is 2.62 bits per heavy atom. The van der Waals surface area contributed by atoms with Gasteiger partial charge in [-0.2, -0.15) is 4.31 Å². The molecule has 0 atom stereocenters. The van der Waals surface area contributed by atoms with E-state index in [1.165, 1.54) is 4.31 Å². The first-order chi connectivity index (χ1) is 12.4. The molecular weight excluding hydrogens is 356 g/mol. The normalized spacial score (nSPS) is 18.8. The van der Waals surface area contributed by atoms with Gasteiger partial charge in [-0.05, 0) is 43.5 Å². The molecule has 0 aromatic heterocycles. The second-order valence-electron chi connectivity index (χ2n) is 6.87. The Labute approximate surface area is 154 Å². The van der Waals surface area contributed by atoms with Crippen LogP contribution in [-0.4, -0.2) is 69.1 Å². The van der Waals surface area contributed by atoms with E-state index in [4.69, 9.17) is 9.47 Å². The van der Waals surface area contributed by atoms with E-state index in [0.717, 1.165) is 17.5 Å². The minimum absolute atomic E-state index is 0.00120. The number of carbonyl (C=O) groups excluding carboxylic acids is 1. The molecule has 0 spiro atoms. The molecule has 8 heteroatoms. The number of fused-ring (bicyclic) bond motifs is 1. The van der Waals surface area contributed by atoms with Crippen LogP contribution in [0.5, 0.6) is 0 Å². The predicted octanol–water partition coefficient (Wildman–Crippen LogP) is 1.02. The first kappa shape index (κ1) is 19.3. The average Bonchev–Trinajstić information content (AvgIpc) is 2.65. The summed E-state index contributed by atoms with van der Waals surface area (Å²) < 4.78 is 37.8. The van der Waals surface area contributed by atoms with Crippen molar-refractivity contribution in [2.24, 2.45) is 0 Å². The van der Waals surface area contributed by atoms with Crippen molar-refractivity contribution >= 4 is 15.9 Å². The molecule has 0 bridgehead atoms. The fourth-order valence-corrected chi connectivity index (χ4v) is 4.63. The number of sulfonamides is 1. The highest BCUT2D eigenvalue weighted by molar-refractivity contribution is 7.89. The maximum Gasteiger partial charge on any atom is 0.248 e. The third kappa shape index (κ3) is 4.25. The number of ether oxygens (including phenoxy) is 2. The third-order valence-corrected chi connectivity index (χ3v) is 6.59. The van der Waals surface area contributed by atoms with Gasteiger partial charge in [-0.3, -0.25) is 4.79 Å². The first-order valence-electron chi connectivity index (χ1n) is 8.97. The molecule has 1 saturated heterocycles. The lowest BCUT2D eigenvalue weighted by molar-refractivity contribution is -0.138. The highest BCUT2D eigenvalue weighted by atomic mass is 32.2. The molecule has 0 radical (unpaired) electrons. The van der Waals surface area contributed by atoms with Crippen molar-refractivity contribution in [3.05, 3.63) is 29.3 Å². The van der Waals surface area contributed by atoms with Crippen molar-refractivity contribution in [1.29, 1.82) is 0 Å². The van der Waals surface area contributed by atoms with Gasteiger partial charge in [0.2, 0.25) is 15.9 Å². The Hall–Kier alpha value is -1.48. The standard InChI is InChI=1S/C18H26N2O5S/c1-14(2)25-13-18(21)19-6-5-15-3-4-17(11-16(15)12-19)26(22,23)20-7-9-24-10-8-20/h3-4,11,14H,5-10,12-13H2,1-2H3. The van der Waals surface area contributed by atoms with Gasteiger partial charge in [-0.15, -0.1) is 0 Å². The van der Waals surface area contributed by atoms with Gasteiger partial charge in [-0.25, -0.2) is 8.42 Å². The minimum Gasteiger partial charge on any atom is -0.379 e. The Morgan fingerprint density at radius 2 is 1.92 bits per heavy atom. The Balaban J connectivity index is 1.76. The van der Waals surface area contributed by atoms with Crippen molar-refractivity contribution in [1.82, 2.24) is 9.21 Å². The van der Waals surface area contributed by atoms with Gasteiger partial charge < -0.3 is 14.4 Å². The summed E-state index contributed by atoms with van der Waals surface area (Å²) in [6, 6.07) is 5.25. The van der Waals surface area contributed by atoms with Gasteiger partial charge >= 0.3 is 0 Å². The summed E-state index contributed by atoms with van der Waals surface area (Å²) in [6.07, 6.45) is 0.724. The van der Waals surface area contributed by atoms with Crippen molar-refractivity contribution in [3.8, 4) is 0 Å².